The molecule has 0 fully saturated rings. The Morgan fingerprint density at radius 2 is 1.59 bits per heavy atom. The molecule has 0 heterocycles. The van der Waals surface area contributed by atoms with Crippen molar-refractivity contribution in [1.82, 2.24) is 4.31 Å². The highest BCUT2D eigenvalue weighted by molar-refractivity contribution is 7.89. The van der Waals surface area contributed by atoms with Gasteiger partial charge in [0.25, 0.3) is 0 Å². The van der Waals surface area contributed by atoms with Crippen molar-refractivity contribution in [3.8, 4) is 0 Å². The van der Waals surface area contributed by atoms with Crippen molar-refractivity contribution in [2.75, 3.05) is 13.1 Å². The molecule has 0 atom stereocenters. The third-order valence-corrected chi connectivity index (χ3v) is 4.59. The molecule has 2 N–H and O–H groups in total. The fraction of sp³-hybridized carbons (Fsp3) is 0.400. The smallest absolute Gasteiger partial charge is 0.423 e. The van der Waals surface area contributed by atoms with Gasteiger partial charge in [0.15, 0.2) is 0 Å². The third kappa shape index (κ3) is 3.07. The van der Waals surface area contributed by atoms with E-state index in [0.29, 0.717) is 13.1 Å². The Kier molecular flexibility index (Phi) is 4.70. The van der Waals surface area contributed by atoms with E-state index in [1.165, 1.54) is 28.6 Å². The first-order valence-electron chi connectivity index (χ1n) is 5.39. The van der Waals surface area contributed by atoms with Crippen LogP contribution in [0.1, 0.15) is 13.8 Å². The maximum atomic E-state index is 12.1. The van der Waals surface area contributed by atoms with E-state index in [-0.39, 0.29) is 10.4 Å². The van der Waals surface area contributed by atoms with E-state index in [9.17, 15) is 8.42 Å². The highest BCUT2D eigenvalue weighted by Crippen LogP contribution is 2.13. The third-order valence-electron chi connectivity index (χ3n) is 2.52. The van der Waals surface area contributed by atoms with Crippen molar-refractivity contribution in [3.63, 3.8) is 0 Å². The minimum absolute atomic E-state index is 0.158. The van der Waals surface area contributed by atoms with Gasteiger partial charge in [-0.3, -0.25) is 0 Å². The Labute approximate surface area is 102 Å². The lowest BCUT2D eigenvalue weighted by molar-refractivity contribution is 0.425. The fourth-order valence-corrected chi connectivity index (χ4v) is 2.98. The van der Waals surface area contributed by atoms with Crippen molar-refractivity contribution < 1.29 is 18.5 Å². The lowest BCUT2D eigenvalue weighted by Crippen LogP contribution is -2.32. The van der Waals surface area contributed by atoms with Gasteiger partial charge in [0.1, 0.15) is 0 Å². The van der Waals surface area contributed by atoms with Crippen molar-refractivity contribution in [3.05, 3.63) is 24.3 Å². The van der Waals surface area contributed by atoms with Crippen molar-refractivity contribution in [2.24, 2.45) is 0 Å². The highest BCUT2D eigenvalue weighted by atomic mass is 32.2. The zero-order valence-corrected chi connectivity index (χ0v) is 10.7. The van der Waals surface area contributed by atoms with E-state index in [1.54, 1.807) is 13.8 Å². The fourth-order valence-electron chi connectivity index (χ4n) is 1.52. The molecule has 1 rings (SSSR count). The van der Waals surface area contributed by atoms with Crippen LogP contribution in [0.2, 0.25) is 0 Å². The first-order chi connectivity index (χ1) is 7.93. The second-order valence-electron chi connectivity index (χ2n) is 3.53. The van der Waals surface area contributed by atoms with E-state index in [0.717, 1.165) is 0 Å². The number of sulfonamides is 1. The molecular weight excluding hydrogens is 241 g/mol. The predicted octanol–water partition coefficient (Wildman–Crippen LogP) is -0.603. The molecule has 5 nitrogen and oxygen atoms in total. The van der Waals surface area contributed by atoms with Gasteiger partial charge in [-0.1, -0.05) is 26.0 Å². The van der Waals surface area contributed by atoms with Gasteiger partial charge in [-0.05, 0) is 17.6 Å². The molecule has 7 heteroatoms. The molecule has 0 aliphatic rings. The maximum Gasteiger partial charge on any atom is 0.488 e. The molecule has 0 amide bonds. The monoisotopic (exact) mass is 257 g/mol. The summed E-state index contributed by atoms with van der Waals surface area (Å²) in [6, 6.07) is 5.53. The van der Waals surface area contributed by atoms with Crippen molar-refractivity contribution in [2.45, 2.75) is 18.7 Å². The number of benzene rings is 1. The molecule has 17 heavy (non-hydrogen) atoms. The quantitative estimate of drug-likeness (QED) is 0.690. The van der Waals surface area contributed by atoms with E-state index in [2.05, 4.69) is 0 Å². The average Bonchev–Trinajstić information content (AvgIpc) is 2.30. The lowest BCUT2D eigenvalue weighted by atomic mass is 9.81. The van der Waals surface area contributed by atoms with Gasteiger partial charge >= 0.3 is 7.12 Å². The summed E-state index contributed by atoms with van der Waals surface area (Å²) in [5.41, 5.74) is 0.267. The minimum Gasteiger partial charge on any atom is -0.423 e. The average molecular weight is 257 g/mol. The van der Waals surface area contributed by atoms with Gasteiger partial charge in [0, 0.05) is 13.1 Å². The molecule has 0 aliphatic heterocycles. The highest BCUT2D eigenvalue weighted by Gasteiger charge is 2.22. The van der Waals surface area contributed by atoms with Crippen molar-refractivity contribution >= 4 is 22.6 Å². The Hall–Kier alpha value is -0.885. The Bertz CT molecular complexity index is 454. The topological polar surface area (TPSA) is 77.8 Å². The first kappa shape index (κ1) is 14.2. The molecule has 0 aliphatic carbocycles. The SMILES string of the molecule is CCN(CC)S(=O)(=O)c1ccc(B(O)O)cc1. The number of hydrogen-bond acceptors (Lipinski definition) is 4. The molecule has 0 unspecified atom stereocenters. The largest absolute Gasteiger partial charge is 0.488 e. The van der Waals surface area contributed by atoms with Crippen LogP contribution >= 0.6 is 0 Å². The van der Waals surface area contributed by atoms with Crippen molar-refractivity contribution in [1.29, 1.82) is 0 Å². The summed E-state index contributed by atoms with van der Waals surface area (Å²) >= 11 is 0. The number of hydrogen-bond donors (Lipinski definition) is 2. The molecule has 0 saturated carbocycles. The van der Waals surface area contributed by atoms with Gasteiger partial charge in [-0.25, -0.2) is 8.42 Å². The van der Waals surface area contributed by atoms with Gasteiger partial charge in [-0.2, -0.15) is 4.31 Å². The van der Waals surface area contributed by atoms with Crippen LogP contribution in [-0.4, -0.2) is 43.0 Å². The van der Waals surface area contributed by atoms with Crippen LogP contribution in [0.3, 0.4) is 0 Å². The molecular formula is C10H16BNO4S. The summed E-state index contributed by atoms with van der Waals surface area (Å²) in [7, 11) is -5.06. The Morgan fingerprint density at radius 3 is 1.94 bits per heavy atom. The van der Waals surface area contributed by atoms with Gasteiger partial charge in [0.05, 0.1) is 4.90 Å². The molecule has 0 aromatic heterocycles. The minimum atomic E-state index is -3.47. The molecule has 0 spiro atoms. The molecule has 0 saturated heterocycles. The van der Waals surface area contributed by atoms with Crippen LogP contribution in [0, 0.1) is 0 Å². The van der Waals surface area contributed by atoms with Crippen LogP contribution in [0.4, 0.5) is 0 Å². The summed E-state index contributed by atoms with van der Waals surface area (Å²) in [6.07, 6.45) is 0. The molecule has 0 bridgehead atoms. The van der Waals surface area contributed by atoms with Crippen LogP contribution in [0.25, 0.3) is 0 Å². The second-order valence-corrected chi connectivity index (χ2v) is 5.47. The van der Waals surface area contributed by atoms with Gasteiger partial charge in [0.2, 0.25) is 10.0 Å². The van der Waals surface area contributed by atoms with Crippen LogP contribution < -0.4 is 5.46 Å². The van der Waals surface area contributed by atoms with Gasteiger partial charge < -0.3 is 10.0 Å². The summed E-state index contributed by atoms with van der Waals surface area (Å²) in [5, 5.41) is 17.8. The molecule has 94 valence electrons. The maximum absolute atomic E-state index is 12.1. The van der Waals surface area contributed by atoms with Gasteiger partial charge in [-0.15, -0.1) is 0 Å². The van der Waals surface area contributed by atoms with E-state index >= 15 is 0 Å². The zero-order chi connectivity index (χ0) is 13.1. The standard InChI is InChI=1S/C10H16BNO4S/c1-3-12(4-2)17(15,16)10-7-5-9(6-8-10)11(13)14/h5-8,13-14H,3-4H2,1-2H3. The van der Waals surface area contributed by atoms with E-state index < -0.39 is 17.1 Å². The second kappa shape index (κ2) is 5.64. The summed E-state index contributed by atoms with van der Waals surface area (Å²) in [5.74, 6) is 0. The summed E-state index contributed by atoms with van der Waals surface area (Å²) in [6.45, 7) is 4.35. The normalized spacial score (nSPS) is 11.8. The van der Waals surface area contributed by atoms with E-state index in [1.807, 2.05) is 0 Å². The Morgan fingerprint density at radius 1 is 1.12 bits per heavy atom. The van der Waals surface area contributed by atoms with Crippen LogP contribution in [0.15, 0.2) is 29.2 Å². The predicted molar refractivity (Wildman–Crippen MR) is 66.4 cm³/mol. The molecule has 1 aromatic carbocycles. The first-order valence-corrected chi connectivity index (χ1v) is 6.83. The summed E-state index contributed by atoms with van der Waals surface area (Å²) < 4.78 is 25.5. The van der Waals surface area contributed by atoms with Crippen LogP contribution in [-0.2, 0) is 10.0 Å². The van der Waals surface area contributed by atoms with E-state index in [4.69, 9.17) is 10.0 Å². The summed E-state index contributed by atoms with van der Waals surface area (Å²) in [4.78, 5) is 0.158. The number of nitrogens with zero attached hydrogens (tertiary/aromatic N) is 1. The molecule has 1 aromatic rings. The molecule has 0 radical (unpaired) electrons. The Balaban J connectivity index is 3.08. The zero-order valence-electron chi connectivity index (χ0n) is 9.87. The number of rotatable bonds is 5. The van der Waals surface area contributed by atoms with Crippen LogP contribution in [0.5, 0.6) is 0 Å². The lowest BCUT2D eigenvalue weighted by Gasteiger charge is -2.18.